The molecule has 0 aliphatic rings. The third-order valence-corrected chi connectivity index (χ3v) is 2.80. The smallest absolute Gasteiger partial charge is 0.258 e. The lowest BCUT2D eigenvalue weighted by Gasteiger charge is -2.00. The molecular weight excluding hydrogens is 254 g/mol. The van der Waals surface area contributed by atoms with Crippen LogP contribution in [0.3, 0.4) is 0 Å². The summed E-state index contributed by atoms with van der Waals surface area (Å²) in [5.41, 5.74) is 2.84. The van der Waals surface area contributed by atoms with Gasteiger partial charge in [0.05, 0.1) is 22.2 Å². The highest BCUT2D eigenvalue weighted by Crippen LogP contribution is 2.24. The molecule has 0 aliphatic carbocycles. The van der Waals surface area contributed by atoms with Crippen molar-refractivity contribution in [3.8, 4) is 6.07 Å². The molecular formula is C15H11N3O2. The van der Waals surface area contributed by atoms with Crippen LogP contribution in [0.5, 0.6) is 0 Å². The Morgan fingerprint density at radius 3 is 2.55 bits per heavy atom. The van der Waals surface area contributed by atoms with Gasteiger partial charge in [0, 0.05) is 18.3 Å². The number of benzene rings is 2. The number of nitrogens with zero attached hydrogens (tertiary/aromatic N) is 3. The van der Waals surface area contributed by atoms with E-state index in [-0.39, 0.29) is 5.69 Å². The summed E-state index contributed by atoms with van der Waals surface area (Å²) in [6.45, 7) is 1.84. The van der Waals surface area contributed by atoms with Crippen molar-refractivity contribution in [2.75, 3.05) is 0 Å². The van der Waals surface area contributed by atoms with Crippen LogP contribution in [-0.2, 0) is 0 Å². The number of non-ortho nitro benzene ring substituents is 1. The second-order valence-corrected chi connectivity index (χ2v) is 4.22. The minimum atomic E-state index is -0.444. The van der Waals surface area contributed by atoms with E-state index >= 15 is 0 Å². The van der Waals surface area contributed by atoms with Gasteiger partial charge in [-0.2, -0.15) is 5.26 Å². The van der Waals surface area contributed by atoms with Crippen molar-refractivity contribution in [1.82, 2.24) is 0 Å². The van der Waals surface area contributed by atoms with E-state index in [4.69, 9.17) is 5.26 Å². The van der Waals surface area contributed by atoms with Gasteiger partial charge in [0.15, 0.2) is 0 Å². The first kappa shape index (κ1) is 13.4. The molecule has 0 saturated heterocycles. The predicted octanol–water partition coefficient (Wildman–Crippen LogP) is 3.53. The SMILES string of the molecule is Cc1ccc([N+](=O)[O-])cc1N=Cc1ccc(C#N)cc1. The molecule has 20 heavy (non-hydrogen) atoms. The zero-order chi connectivity index (χ0) is 14.5. The normalized spacial score (nSPS) is 10.4. The summed E-state index contributed by atoms with van der Waals surface area (Å²) in [7, 11) is 0. The van der Waals surface area contributed by atoms with E-state index in [2.05, 4.69) is 4.99 Å². The van der Waals surface area contributed by atoms with Crippen molar-refractivity contribution in [3.63, 3.8) is 0 Å². The van der Waals surface area contributed by atoms with Crippen molar-refractivity contribution in [1.29, 1.82) is 5.26 Å². The summed E-state index contributed by atoms with van der Waals surface area (Å²) in [5, 5.41) is 19.4. The molecule has 2 rings (SSSR count). The van der Waals surface area contributed by atoms with Crippen LogP contribution < -0.4 is 0 Å². The topological polar surface area (TPSA) is 79.3 Å². The maximum Gasteiger partial charge on any atom is 0.271 e. The highest BCUT2D eigenvalue weighted by atomic mass is 16.6. The van der Waals surface area contributed by atoms with Gasteiger partial charge in [-0.05, 0) is 30.2 Å². The Bertz CT molecular complexity index is 713. The number of nitriles is 1. The van der Waals surface area contributed by atoms with Crippen molar-refractivity contribution >= 4 is 17.6 Å². The number of nitro benzene ring substituents is 1. The molecule has 0 radical (unpaired) electrons. The molecule has 0 unspecified atom stereocenters. The Hall–Kier alpha value is -3.00. The van der Waals surface area contributed by atoms with Crippen LogP contribution in [-0.4, -0.2) is 11.1 Å². The maximum absolute atomic E-state index is 10.7. The number of aliphatic imine (C=N–C) groups is 1. The predicted molar refractivity (Wildman–Crippen MR) is 76.2 cm³/mol. The highest BCUT2D eigenvalue weighted by molar-refractivity contribution is 5.82. The van der Waals surface area contributed by atoms with Crippen LogP contribution in [0.4, 0.5) is 11.4 Å². The largest absolute Gasteiger partial charge is 0.271 e. The summed E-state index contributed by atoms with van der Waals surface area (Å²) in [4.78, 5) is 14.6. The first-order valence-electron chi connectivity index (χ1n) is 5.89. The molecule has 2 aromatic rings. The third-order valence-electron chi connectivity index (χ3n) is 2.80. The number of rotatable bonds is 3. The first-order valence-corrected chi connectivity index (χ1v) is 5.89. The van der Waals surface area contributed by atoms with Crippen LogP contribution in [0, 0.1) is 28.4 Å². The maximum atomic E-state index is 10.7. The van der Waals surface area contributed by atoms with Gasteiger partial charge < -0.3 is 0 Å². The number of nitro groups is 1. The molecule has 0 N–H and O–H groups in total. The Labute approximate surface area is 116 Å². The van der Waals surface area contributed by atoms with Gasteiger partial charge in [0.1, 0.15) is 0 Å². The van der Waals surface area contributed by atoms with E-state index in [9.17, 15) is 10.1 Å². The zero-order valence-corrected chi connectivity index (χ0v) is 10.8. The highest BCUT2D eigenvalue weighted by Gasteiger charge is 2.07. The van der Waals surface area contributed by atoms with Crippen LogP contribution in [0.15, 0.2) is 47.5 Å². The van der Waals surface area contributed by atoms with Gasteiger partial charge in [0.25, 0.3) is 5.69 Å². The standard InChI is InChI=1S/C15H11N3O2/c1-11-2-7-14(18(19)20)8-15(11)17-10-13-5-3-12(9-16)4-6-13/h2-8,10H,1H3. The lowest BCUT2D eigenvalue weighted by Crippen LogP contribution is -1.88. The lowest BCUT2D eigenvalue weighted by atomic mass is 10.1. The quantitative estimate of drug-likeness (QED) is 0.483. The Kier molecular flexibility index (Phi) is 3.87. The summed E-state index contributed by atoms with van der Waals surface area (Å²) in [6, 6.07) is 13.5. The molecule has 0 fully saturated rings. The molecule has 98 valence electrons. The monoisotopic (exact) mass is 265 g/mol. The van der Waals surface area contributed by atoms with Gasteiger partial charge in [-0.15, -0.1) is 0 Å². The zero-order valence-electron chi connectivity index (χ0n) is 10.8. The van der Waals surface area contributed by atoms with E-state index in [0.29, 0.717) is 11.3 Å². The second kappa shape index (κ2) is 5.76. The van der Waals surface area contributed by atoms with E-state index in [1.165, 1.54) is 12.1 Å². The van der Waals surface area contributed by atoms with Crippen LogP contribution in [0.25, 0.3) is 0 Å². The van der Waals surface area contributed by atoms with Crippen LogP contribution in [0.1, 0.15) is 16.7 Å². The van der Waals surface area contributed by atoms with Gasteiger partial charge >= 0.3 is 0 Å². The van der Waals surface area contributed by atoms with Crippen molar-refractivity contribution in [2.24, 2.45) is 4.99 Å². The van der Waals surface area contributed by atoms with Gasteiger partial charge in [-0.1, -0.05) is 18.2 Å². The Morgan fingerprint density at radius 2 is 1.95 bits per heavy atom. The fourth-order valence-corrected chi connectivity index (χ4v) is 1.64. The third kappa shape index (κ3) is 3.06. The van der Waals surface area contributed by atoms with E-state index in [1.807, 2.05) is 13.0 Å². The fourth-order valence-electron chi connectivity index (χ4n) is 1.64. The van der Waals surface area contributed by atoms with Crippen molar-refractivity contribution in [3.05, 3.63) is 69.3 Å². The molecule has 2 aromatic carbocycles. The Balaban J connectivity index is 2.28. The molecule has 0 aliphatic heterocycles. The first-order chi connectivity index (χ1) is 9.60. The lowest BCUT2D eigenvalue weighted by molar-refractivity contribution is -0.384. The molecule has 0 bridgehead atoms. The van der Waals surface area contributed by atoms with Gasteiger partial charge in [0.2, 0.25) is 0 Å². The number of hydrogen-bond acceptors (Lipinski definition) is 4. The van der Waals surface area contributed by atoms with E-state index in [0.717, 1.165) is 11.1 Å². The molecule has 5 heteroatoms. The van der Waals surface area contributed by atoms with Crippen LogP contribution >= 0.6 is 0 Å². The minimum absolute atomic E-state index is 0.0163. The Morgan fingerprint density at radius 1 is 1.25 bits per heavy atom. The molecule has 0 spiro atoms. The number of hydrogen-bond donors (Lipinski definition) is 0. The molecule has 0 saturated carbocycles. The molecule has 0 atom stereocenters. The molecule has 5 nitrogen and oxygen atoms in total. The average molecular weight is 265 g/mol. The second-order valence-electron chi connectivity index (χ2n) is 4.22. The summed E-state index contributed by atoms with van der Waals surface area (Å²) < 4.78 is 0. The van der Waals surface area contributed by atoms with E-state index < -0.39 is 4.92 Å². The fraction of sp³-hybridized carbons (Fsp3) is 0.0667. The van der Waals surface area contributed by atoms with Gasteiger partial charge in [-0.25, -0.2) is 0 Å². The van der Waals surface area contributed by atoms with Gasteiger partial charge in [-0.3, -0.25) is 15.1 Å². The average Bonchev–Trinajstić information content (AvgIpc) is 2.46. The minimum Gasteiger partial charge on any atom is -0.258 e. The molecule has 0 heterocycles. The van der Waals surface area contributed by atoms with Crippen molar-refractivity contribution in [2.45, 2.75) is 6.92 Å². The van der Waals surface area contributed by atoms with Crippen molar-refractivity contribution < 1.29 is 4.92 Å². The van der Waals surface area contributed by atoms with Crippen LogP contribution in [0.2, 0.25) is 0 Å². The van der Waals surface area contributed by atoms with E-state index in [1.54, 1.807) is 36.5 Å². The molecule has 0 amide bonds. The number of aryl methyl sites for hydroxylation is 1. The molecule has 0 aromatic heterocycles. The summed E-state index contributed by atoms with van der Waals surface area (Å²) >= 11 is 0. The summed E-state index contributed by atoms with van der Waals surface area (Å²) in [5.74, 6) is 0. The summed E-state index contributed by atoms with van der Waals surface area (Å²) in [6.07, 6.45) is 1.62.